The van der Waals surface area contributed by atoms with Crippen molar-refractivity contribution in [3.05, 3.63) is 75.4 Å². The van der Waals surface area contributed by atoms with Gasteiger partial charge in [-0.3, -0.25) is 0 Å². The fourth-order valence-electron chi connectivity index (χ4n) is 2.39. The highest BCUT2D eigenvalue weighted by Gasteiger charge is 2.42. The van der Waals surface area contributed by atoms with E-state index < -0.39 is 5.60 Å². The highest BCUT2D eigenvalue weighted by molar-refractivity contribution is 5.83. The van der Waals surface area contributed by atoms with Crippen LogP contribution in [-0.4, -0.2) is 5.60 Å². The Bertz CT molecular complexity index is 841. The van der Waals surface area contributed by atoms with E-state index in [9.17, 15) is 5.26 Å². The van der Waals surface area contributed by atoms with Gasteiger partial charge in [0, 0.05) is 11.1 Å². The molecule has 0 saturated heterocycles. The average Bonchev–Trinajstić information content (AvgIpc) is 2.79. The molecular weight excluding hydrogens is 274 g/mol. The predicted molar refractivity (Wildman–Crippen MR) is 82.3 cm³/mol. The molecule has 22 heavy (non-hydrogen) atoms. The highest BCUT2D eigenvalue weighted by Crippen LogP contribution is 2.45. The quantitative estimate of drug-likeness (QED) is 0.582. The Morgan fingerprint density at radius 3 is 2.27 bits per heavy atom. The van der Waals surface area contributed by atoms with Crippen LogP contribution in [0, 0.1) is 36.8 Å². The molecule has 104 valence electrons. The number of nitrogens with zero attached hydrogens (tertiary/aromatic N) is 3. The Balaban J connectivity index is 2.75. The molecule has 0 spiro atoms. The van der Waals surface area contributed by atoms with Crippen molar-refractivity contribution in [1.82, 2.24) is 0 Å². The first-order valence-corrected chi connectivity index (χ1v) is 6.39. The Morgan fingerprint density at radius 2 is 1.82 bits per heavy atom. The van der Waals surface area contributed by atoms with Crippen LogP contribution < -0.4 is 0 Å². The SMILES string of the molecule is [C-]#[N+]C([N+]#[C-])=C1OC(C)(C)C(c2ccc(C#C)cc2)=C1C#N. The third-order valence-electron chi connectivity index (χ3n) is 3.30. The predicted octanol–water partition coefficient (Wildman–Crippen LogP) is 3.76. The Labute approximate surface area is 129 Å². The molecule has 1 heterocycles. The molecule has 0 aromatic heterocycles. The molecule has 0 bridgehead atoms. The van der Waals surface area contributed by atoms with Crippen molar-refractivity contribution in [3.8, 4) is 18.4 Å². The molecular formula is C18H11N3O. The standard InChI is InChI=1S/C18H11N3O/c1-6-12-7-9-13(10-8-12)15-14(11-19)16(17(20-4)21-5)22-18(15,2)3/h1,7-10H,2-3H3. The topological polar surface area (TPSA) is 41.7 Å². The summed E-state index contributed by atoms with van der Waals surface area (Å²) in [4.78, 5) is 6.29. The first-order valence-electron chi connectivity index (χ1n) is 6.39. The van der Waals surface area contributed by atoms with E-state index in [0.717, 1.165) is 11.1 Å². The molecule has 0 unspecified atom stereocenters. The van der Waals surface area contributed by atoms with E-state index in [1.807, 2.05) is 12.1 Å². The van der Waals surface area contributed by atoms with Crippen LogP contribution in [0.25, 0.3) is 15.3 Å². The maximum absolute atomic E-state index is 9.48. The van der Waals surface area contributed by atoms with E-state index in [4.69, 9.17) is 24.3 Å². The fourth-order valence-corrected chi connectivity index (χ4v) is 2.39. The van der Waals surface area contributed by atoms with Crippen LogP contribution in [0.4, 0.5) is 0 Å². The molecule has 1 aliphatic heterocycles. The van der Waals surface area contributed by atoms with Crippen molar-refractivity contribution in [2.45, 2.75) is 19.4 Å². The minimum atomic E-state index is -0.807. The van der Waals surface area contributed by atoms with E-state index >= 15 is 0 Å². The zero-order chi connectivity index (χ0) is 16.3. The van der Waals surface area contributed by atoms with Crippen LogP contribution in [0.1, 0.15) is 25.0 Å². The smallest absolute Gasteiger partial charge is 0.485 e. The molecule has 0 N–H and O–H groups in total. The Kier molecular flexibility index (Phi) is 3.73. The number of rotatable bonds is 1. The lowest BCUT2D eigenvalue weighted by Crippen LogP contribution is -2.20. The summed E-state index contributed by atoms with van der Waals surface area (Å²) in [5.41, 5.74) is 1.58. The van der Waals surface area contributed by atoms with Crippen LogP contribution in [0.5, 0.6) is 0 Å². The normalized spacial score (nSPS) is 15.1. The van der Waals surface area contributed by atoms with Crippen LogP contribution >= 0.6 is 0 Å². The third kappa shape index (κ3) is 2.31. The number of hydrogen-bond donors (Lipinski definition) is 0. The van der Waals surface area contributed by atoms with E-state index in [1.165, 1.54) is 0 Å². The summed E-state index contributed by atoms with van der Waals surface area (Å²) >= 11 is 0. The molecule has 0 atom stereocenters. The van der Waals surface area contributed by atoms with Gasteiger partial charge in [-0.1, -0.05) is 18.1 Å². The van der Waals surface area contributed by atoms with Crippen LogP contribution in [0.3, 0.4) is 0 Å². The number of ether oxygens (including phenoxy) is 1. The van der Waals surface area contributed by atoms with E-state index in [0.29, 0.717) is 5.57 Å². The van der Waals surface area contributed by atoms with Crippen molar-refractivity contribution in [1.29, 1.82) is 5.26 Å². The lowest BCUT2D eigenvalue weighted by atomic mass is 9.89. The van der Waals surface area contributed by atoms with Crippen molar-refractivity contribution in [3.63, 3.8) is 0 Å². The minimum Gasteiger partial charge on any atom is -0.485 e. The Hall–Kier alpha value is -3.47. The van der Waals surface area contributed by atoms with E-state index in [2.05, 4.69) is 21.7 Å². The summed E-state index contributed by atoms with van der Waals surface area (Å²) in [6.45, 7) is 17.7. The third-order valence-corrected chi connectivity index (χ3v) is 3.30. The molecule has 1 aromatic rings. The van der Waals surface area contributed by atoms with Crippen molar-refractivity contribution in [2.24, 2.45) is 0 Å². The van der Waals surface area contributed by atoms with Crippen molar-refractivity contribution < 1.29 is 4.74 Å². The summed E-state index contributed by atoms with van der Waals surface area (Å²) in [5, 5.41) is 9.48. The molecule has 4 nitrogen and oxygen atoms in total. The number of benzene rings is 1. The zero-order valence-electron chi connectivity index (χ0n) is 12.1. The van der Waals surface area contributed by atoms with Crippen LogP contribution in [0.15, 0.2) is 41.4 Å². The van der Waals surface area contributed by atoms with E-state index in [-0.39, 0.29) is 17.2 Å². The second-order valence-electron chi connectivity index (χ2n) is 5.07. The molecule has 4 heteroatoms. The summed E-state index contributed by atoms with van der Waals surface area (Å²) in [6, 6.07) is 9.24. The van der Waals surface area contributed by atoms with E-state index in [1.54, 1.807) is 26.0 Å². The first kappa shape index (κ1) is 14.9. The summed E-state index contributed by atoms with van der Waals surface area (Å²) < 4.78 is 5.74. The molecule has 1 aromatic carbocycles. The summed E-state index contributed by atoms with van der Waals surface area (Å²) in [5.74, 6) is 2.35. The van der Waals surface area contributed by atoms with Gasteiger partial charge in [-0.05, 0) is 31.5 Å². The fraction of sp³-hybridized carbons (Fsp3) is 0.167. The minimum absolute atomic E-state index is 0.0496. The molecule has 2 rings (SSSR count). The van der Waals surface area contributed by atoms with Crippen LogP contribution in [-0.2, 0) is 4.74 Å². The average molecular weight is 285 g/mol. The van der Waals surface area contributed by atoms with Gasteiger partial charge in [-0.25, -0.2) is 0 Å². The summed E-state index contributed by atoms with van der Waals surface area (Å²) in [6.07, 6.45) is 5.34. The van der Waals surface area contributed by atoms with Gasteiger partial charge in [-0.15, -0.1) is 6.42 Å². The largest absolute Gasteiger partial charge is 0.563 e. The number of nitriles is 1. The van der Waals surface area contributed by atoms with Gasteiger partial charge in [0.25, 0.3) is 0 Å². The van der Waals surface area contributed by atoms with Gasteiger partial charge < -0.3 is 4.74 Å². The maximum atomic E-state index is 9.48. The molecule has 0 aliphatic carbocycles. The molecule has 0 fully saturated rings. The van der Waals surface area contributed by atoms with Gasteiger partial charge in [0.15, 0.2) is 0 Å². The lowest BCUT2D eigenvalue weighted by molar-refractivity contribution is 0.109. The monoisotopic (exact) mass is 285 g/mol. The van der Waals surface area contributed by atoms with Gasteiger partial charge in [0.2, 0.25) is 5.76 Å². The van der Waals surface area contributed by atoms with Gasteiger partial charge >= 0.3 is 5.82 Å². The zero-order valence-corrected chi connectivity index (χ0v) is 12.1. The van der Waals surface area contributed by atoms with Crippen molar-refractivity contribution >= 4 is 5.57 Å². The molecule has 0 saturated carbocycles. The molecule has 0 amide bonds. The van der Waals surface area contributed by atoms with Gasteiger partial charge in [-0.2, -0.15) is 15.0 Å². The first-order chi connectivity index (χ1) is 10.5. The number of hydrogen-bond acceptors (Lipinski definition) is 2. The second-order valence-corrected chi connectivity index (χ2v) is 5.07. The maximum Gasteiger partial charge on any atom is 0.563 e. The highest BCUT2D eigenvalue weighted by atomic mass is 16.5. The number of allylic oxidation sites excluding steroid dienone is 1. The molecule has 1 aliphatic rings. The van der Waals surface area contributed by atoms with Crippen LogP contribution in [0.2, 0.25) is 0 Å². The second kappa shape index (κ2) is 5.49. The van der Waals surface area contributed by atoms with Gasteiger partial charge in [0.05, 0.1) is 5.57 Å². The van der Waals surface area contributed by atoms with Gasteiger partial charge in [0.1, 0.15) is 24.8 Å². The molecule has 0 radical (unpaired) electrons. The Morgan fingerprint density at radius 1 is 1.23 bits per heavy atom. The summed E-state index contributed by atoms with van der Waals surface area (Å²) in [7, 11) is 0. The lowest BCUT2D eigenvalue weighted by Gasteiger charge is -2.22. The number of terminal acetylenes is 1. The van der Waals surface area contributed by atoms with Crippen molar-refractivity contribution in [2.75, 3.05) is 0 Å².